The number of nitrogens with zero attached hydrogens (tertiary/aromatic N) is 1. The molecule has 1 saturated carbocycles. The Kier molecular flexibility index (Phi) is 3.55. The van der Waals surface area contributed by atoms with Crippen LogP contribution in [0, 0.1) is 17.2 Å². The van der Waals surface area contributed by atoms with Crippen LogP contribution < -0.4 is 0 Å². The van der Waals surface area contributed by atoms with E-state index in [1.54, 1.807) is 24.3 Å². The predicted octanol–water partition coefficient (Wildman–Crippen LogP) is 2.35. The summed E-state index contributed by atoms with van der Waals surface area (Å²) in [6, 6.07) is 8.83. The molecule has 1 aliphatic carbocycles. The van der Waals surface area contributed by atoms with Gasteiger partial charge in [0, 0.05) is 12.3 Å². The van der Waals surface area contributed by atoms with Gasteiger partial charge < -0.3 is 5.11 Å². The molecule has 0 aliphatic heterocycles. The fourth-order valence-electron chi connectivity index (χ4n) is 2.33. The smallest absolute Gasteiger partial charge is 0.138 e. The van der Waals surface area contributed by atoms with Gasteiger partial charge in [0.05, 0.1) is 17.7 Å². The summed E-state index contributed by atoms with van der Waals surface area (Å²) in [6.07, 6.45) is 2.56. The summed E-state index contributed by atoms with van der Waals surface area (Å²) in [5.74, 6) is -0.107. The Labute approximate surface area is 101 Å². The summed E-state index contributed by atoms with van der Waals surface area (Å²) in [6.45, 7) is 0. The average molecular weight is 229 g/mol. The van der Waals surface area contributed by atoms with Gasteiger partial charge in [-0.05, 0) is 30.5 Å². The van der Waals surface area contributed by atoms with E-state index in [1.807, 2.05) is 6.07 Å². The third-order valence-electron chi connectivity index (χ3n) is 3.36. The van der Waals surface area contributed by atoms with Gasteiger partial charge in [-0.25, -0.2) is 0 Å². The molecule has 0 heterocycles. The van der Waals surface area contributed by atoms with Crippen molar-refractivity contribution in [3.63, 3.8) is 0 Å². The van der Waals surface area contributed by atoms with Crippen LogP contribution in [0.2, 0.25) is 0 Å². The summed E-state index contributed by atoms with van der Waals surface area (Å²) in [7, 11) is 0. The van der Waals surface area contributed by atoms with Crippen molar-refractivity contribution in [1.29, 1.82) is 5.26 Å². The number of nitriles is 1. The van der Waals surface area contributed by atoms with Gasteiger partial charge in [0.1, 0.15) is 5.78 Å². The molecule has 2 rings (SSSR count). The number of ketones is 1. The molecule has 0 unspecified atom stereocenters. The van der Waals surface area contributed by atoms with Crippen molar-refractivity contribution in [3.8, 4) is 6.07 Å². The Bertz CT molecular complexity index is 444. The minimum Gasteiger partial charge on any atom is -0.388 e. The number of aliphatic hydroxyl groups excluding tert-OH is 1. The zero-order chi connectivity index (χ0) is 12.3. The molecule has 1 aromatic carbocycles. The third-order valence-corrected chi connectivity index (χ3v) is 3.36. The molecule has 0 bridgehead atoms. The van der Waals surface area contributed by atoms with Crippen LogP contribution >= 0.6 is 0 Å². The molecular formula is C14H15NO2. The monoisotopic (exact) mass is 229 g/mol. The summed E-state index contributed by atoms with van der Waals surface area (Å²) in [5, 5.41) is 18.9. The summed E-state index contributed by atoms with van der Waals surface area (Å²) in [5.41, 5.74) is 1.29. The normalized spacial score (nSPS) is 21.9. The van der Waals surface area contributed by atoms with Gasteiger partial charge in [-0.1, -0.05) is 18.6 Å². The maximum Gasteiger partial charge on any atom is 0.138 e. The Balaban J connectivity index is 2.15. The van der Waals surface area contributed by atoms with Gasteiger partial charge >= 0.3 is 0 Å². The van der Waals surface area contributed by atoms with E-state index in [9.17, 15) is 9.90 Å². The molecule has 0 spiro atoms. The van der Waals surface area contributed by atoms with Gasteiger partial charge in [0.25, 0.3) is 0 Å². The second-order valence-corrected chi connectivity index (χ2v) is 4.50. The van der Waals surface area contributed by atoms with E-state index in [1.165, 1.54) is 0 Å². The number of hydrogen-bond donors (Lipinski definition) is 1. The number of rotatable bonds is 2. The lowest BCUT2D eigenvalue weighted by Crippen LogP contribution is -2.25. The van der Waals surface area contributed by atoms with Crippen LogP contribution in [0.5, 0.6) is 0 Å². The first-order chi connectivity index (χ1) is 8.22. The van der Waals surface area contributed by atoms with Crippen molar-refractivity contribution in [2.45, 2.75) is 31.8 Å². The van der Waals surface area contributed by atoms with Gasteiger partial charge in [-0.3, -0.25) is 4.79 Å². The van der Waals surface area contributed by atoms with E-state index in [0.717, 1.165) is 24.8 Å². The number of aliphatic hydroxyl groups is 1. The second-order valence-electron chi connectivity index (χ2n) is 4.50. The van der Waals surface area contributed by atoms with Crippen molar-refractivity contribution in [2.75, 3.05) is 0 Å². The standard InChI is InChI=1S/C14H15NO2/c15-9-10-5-7-11(8-6-10)14(17)12-3-1-2-4-13(12)16/h5-8,12,14,17H,1-4H2/t12-,14+/m1/s1. The SMILES string of the molecule is N#Cc1ccc([C@H](O)[C@@H]2CCCCC2=O)cc1. The van der Waals surface area contributed by atoms with Gasteiger partial charge in [-0.15, -0.1) is 0 Å². The van der Waals surface area contributed by atoms with Crippen LogP contribution in [-0.2, 0) is 4.79 Å². The molecule has 1 aromatic rings. The molecule has 1 N–H and O–H groups in total. The van der Waals surface area contributed by atoms with Crippen LogP contribution in [0.25, 0.3) is 0 Å². The number of carbonyl (C=O) groups excluding carboxylic acids is 1. The van der Waals surface area contributed by atoms with Gasteiger partial charge in [0.15, 0.2) is 0 Å². The van der Waals surface area contributed by atoms with Gasteiger partial charge in [0.2, 0.25) is 0 Å². The highest BCUT2D eigenvalue weighted by molar-refractivity contribution is 5.82. The highest BCUT2D eigenvalue weighted by Gasteiger charge is 2.29. The van der Waals surface area contributed by atoms with Crippen LogP contribution in [0.15, 0.2) is 24.3 Å². The zero-order valence-electron chi connectivity index (χ0n) is 9.60. The Morgan fingerprint density at radius 2 is 2.00 bits per heavy atom. The average Bonchev–Trinajstić information content (AvgIpc) is 2.39. The number of hydrogen-bond acceptors (Lipinski definition) is 3. The lowest BCUT2D eigenvalue weighted by molar-refractivity contribution is -0.128. The van der Waals surface area contributed by atoms with E-state index in [4.69, 9.17) is 5.26 Å². The minimum absolute atomic E-state index is 0.160. The highest BCUT2D eigenvalue weighted by Crippen LogP contribution is 2.32. The molecule has 0 amide bonds. The van der Waals surface area contributed by atoms with Crippen molar-refractivity contribution < 1.29 is 9.90 Å². The number of carbonyl (C=O) groups is 1. The van der Waals surface area contributed by atoms with E-state index in [0.29, 0.717) is 12.0 Å². The summed E-state index contributed by atoms with van der Waals surface area (Å²) >= 11 is 0. The van der Waals surface area contributed by atoms with Gasteiger partial charge in [-0.2, -0.15) is 5.26 Å². The van der Waals surface area contributed by atoms with Crippen molar-refractivity contribution in [2.24, 2.45) is 5.92 Å². The molecule has 1 fully saturated rings. The Morgan fingerprint density at radius 3 is 2.59 bits per heavy atom. The van der Waals surface area contributed by atoms with Crippen molar-refractivity contribution in [1.82, 2.24) is 0 Å². The van der Waals surface area contributed by atoms with Crippen molar-refractivity contribution >= 4 is 5.78 Å². The molecule has 3 nitrogen and oxygen atoms in total. The first-order valence-corrected chi connectivity index (χ1v) is 5.93. The number of Topliss-reactive ketones (excluding diaryl/α,β-unsaturated/α-hetero) is 1. The second kappa shape index (κ2) is 5.11. The van der Waals surface area contributed by atoms with E-state index < -0.39 is 6.10 Å². The first kappa shape index (κ1) is 11.8. The Morgan fingerprint density at radius 1 is 1.29 bits per heavy atom. The summed E-state index contributed by atoms with van der Waals surface area (Å²) in [4.78, 5) is 11.7. The van der Waals surface area contributed by atoms with Crippen LogP contribution in [0.4, 0.5) is 0 Å². The molecule has 0 saturated heterocycles. The maximum absolute atomic E-state index is 11.7. The molecule has 88 valence electrons. The molecule has 1 aliphatic rings. The largest absolute Gasteiger partial charge is 0.388 e. The quantitative estimate of drug-likeness (QED) is 0.846. The van der Waals surface area contributed by atoms with Crippen molar-refractivity contribution in [3.05, 3.63) is 35.4 Å². The Hall–Kier alpha value is -1.66. The van der Waals surface area contributed by atoms with Crippen LogP contribution in [-0.4, -0.2) is 10.9 Å². The van der Waals surface area contributed by atoms with Crippen LogP contribution in [0.1, 0.15) is 42.9 Å². The fraction of sp³-hybridized carbons (Fsp3) is 0.429. The van der Waals surface area contributed by atoms with E-state index >= 15 is 0 Å². The third kappa shape index (κ3) is 2.54. The molecule has 0 aromatic heterocycles. The lowest BCUT2D eigenvalue weighted by Gasteiger charge is -2.25. The fourth-order valence-corrected chi connectivity index (χ4v) is 2.33. The molecule has 17 heavy (non-hydrogen) atoms. The predicted molar refractivity (Wildman–Crippen MR) is 63.1 cm³/mol. The van der Waals surface area contributed by atoms with E-state index in [-0.39, 0.29) is 11.7 Å². The first-order valence-electron chi connectivity index (χ1n) is 5.93. The van der Waals surface area contributed by atoms with E-state index in [2.05, 4.69) is 0 Å². The molecule has 0 radical (unpaired) electrons. The molecular weight excluding hydrogens is 214 g/mol. The maximum atomic E-state index is 11.7. The zero-order valence-corrected chi connectivity index (χ0v) is 9.60. The lowest BCUT2D eigenvalue weighted by atomic mass is 9.81. The van der Waals surface area contributed by atoms with Crippen LogP contribution in [0.3, 0.4) is 0 Å². The topological polar surface area (TPSA) is 61.1 Å². The molecule has 3 heteroatoms. The number of benzene rings is 1. The minimum atomic E-state index is -0.726. The highest BCUT2D eigenvalue weighted by atomic mass is 16.3. The summed E-state index contributed by atoms with van der Waals surface area (Å²) < 4.78 is 0. The molecule has 2 atom stereocenters.